The van der Waals surface area contributed by atoms with E-state index in [1.165, 1.54) is 17.2 Å². The maximum atomic E-state index is 10.7. The maximum absolute atomic E-state index is 10.7. The fourth-order valence-corrected chi connectivity index (χ4v) is 6.03. The number of ether oxygens (including phenoxy) is 2. The summed E-state index contributed by atoms with van der Waals surface area (Å²) in [6, 6.07) is 18.8. The summed E-state index contributed by atoms with van der Waals surface area (Å²) >= 11 is 0. The van der Waals surface area contributed by atoms with Gasteiger partial charge in [0.25, 0.3) is 0 Å². The number of aliphatic hydroxyl groups is 11. The van der Waals surface area contributed by atoms with Gasteiger partial charge in [0.05, 0.1) is 31.5 Å². The highest BCUT2D eigenvalue weighted by Gasteiger charge is 2.50. The first-order valence-electron chi connectivity index (χ1n) is 15.2. The van der Waals surface area contributed by atoms with E-state index in [9.17, 15) is 56.2 Å². The highest BCUT2D eigenvalue weighted by atomic mass is 16.7. The quantitative estimate of drug-likeness (QED) is 0.124. The third-order valence-corrected chi connectivity index (χ3v) is 8.78. The normalized spacial score (nSPS) is 39.6. The topological polar surface area (TPSA) is 253 Å². The van der Waals surface area contributed by atoms with Crippen molar-refractivity contribution in [3.8, 4) is 11.1 Å². The van der Waals surface area contributed by atoms with E-state index >= 15 is 0 Å². The number of rotatable bonds is 8. The van der Waals surface area contributed by atoms with E-state index in [-0.39, 0.29) is 12.0 Å². The van der Waals surface area contributed by atoms with Crippen molar-refractivity contribution in [2.75, 3.05) is 19.8 Å². The molecule has 0 amide bonds. The van der Waals surface area contributed by atoms with E-state index in [0.717, 1.165) is 0 Å². The zero-order chi connectivity index (χ0) is 33.5. The molecule has 0 bridgehead atoms. The third-order valence-electron chi connectivity index (χ3n) is 8.78. The molecule has 0 spiro atoms. The lowest BCUT2D eigenvalue weighted by atomic mass is 9.78. The minimum atomic E-state index is -1.75. The molecule has 14 atom stereocenters. The van der Waals surface area contributed by atoms with Crippen LogP contribution in [0.1, 0.15) is 6.42 Å². The third kappa shape index (κ3) is 8.18. The van der Waals surface area contributed by atoms with E-state index in [2.05, 4.69) is 53.8 Å². The van der Waals surface area contributed by atoms with Gasteiger partial charge in [-0.1, -0.05) is 66.7 Å². The van der Waals surface area contributed by atoms with Crippen LogP contribution >= 0.6 is 0 Å². The summed E-state index contributed by atoms with van der Waals surface area (Å²) in [6.45, 7) is -1.80. The Morgan fingerprint density at radius 3 is 1.76 bits per heavy atom. The monoisotopic (exact) mass is 651 g/mol. The first kappa shape index (κ1) is 36.5. The maximum Gasteiger partial charge on any atom is 0.187 e. The zero-order valence-corrected chi connectivity index (χ0v) is 25.0. The Balaban J connectivity index is 0.000000331. The molecule has 14 heteroatoms. The van der Waals surface area contributed by atoms with Gasteiger partial charge >= 0.3 is 0 Å². The Hall–Kier alpha value is -2.38. The average molecular weight is 652 g/mol. The van der Waals surface area contributed by atoms with Crippen LogP contribution in [-0.2, 0) is 9.47 Å². The summed E-state index contributed by atoms with van der Waals surface area (Å²) in [6.07, 6.45) is -15.7. The Bertz CT molecular complexity index is 1180. The van der Waals surface area contributed by atoms with Crippen molar-refractivity contribution in [3.05, 3.63) is 72.3 Å². The van der Waals surface area contributed by atoms with Gasteiger partial charge in [-0.2, -0.15) is 0 Å². The largest absolute Gasteiger partial charge is 0.396 e. The molecular formula is C32H45NO13. The zero-order valence-electron chi connectivity index (χ0n) is 25.0. The predicted octanol–water partition coefficient (Wildman–Crippen LogP) is -3.40. The van der Waals surface area contributed by atoms with Crippen LogP contribution in [0.5, 0.6) is 0 Å². The predicted molar refractivity (Wildman–Crippen MR) is 162 cm³/mol. The molecule has 2 aliphatic carbocycles. The summed E-state index contributed by atoms with van der Waals surface area (Å²) in [5.41, 5.74) is 2.61. The van der Waals surface area contributed by atoms with Gasteiger partial charge in [0.2, 0.25) is 0 Å². The van der Waals surface area contributed by atoms with Gasteiger partial charge in [-0.05, 0) is 23.1 Å². The SMILES string of the molecule is OCC1=C[C@H](N[C@H]2C[C@H](CO)[C@@H](O[C@@H]3O[C@H](CO)[C@@H](O)[C@H](O)[C@H]3O)[C@H](O)[C@H]2O)[C@H](O)[C@@H](O)[C@H]1O.c1ccc(-c2ccccc2)cc1. The van der Waals surface area contributed by atoms with Crippen molar-refractivity contribution in [2.45, 2.75) is 85.8 Å². The van der Waals surface area contributed by atoms with Crippen LogP contribution in [0, 0.1) is 5.92 Å². The molecule has 0 aromatic heterocycles. The number of hydrogen-bond donors (Lipinski definition) is 12. The van der Waals surface area contributed by atoms with Crippen molar-refractivity contribution >= 4 is 0 Å². The Morgan fingerprint density at radius 2 is 1.24 bits per heavy atom. The second-order valence-corrected chi connectivity index (χ2v) is 11.8. The summed E-state index contributed by atoms with van der Waals surface area (Å²) in [5, 5.41) is 113. The average Bonchev–Trinajstić information content (AvgIpc) is 3.09. The fourth-order valence-electron chi connectivity index (χ4n) is 6.03. The second kappa shape index (κ2) is 16.6. The lowest BCUT2D eigenvalue weighted by Gasteiger charge is -2.47. The van der Waals surface area contributed by atoms with Gasteiger partial charge in [0, 0.05) is 18.6 Å². The van der Waals surface area contributed by atoms with E-state index < -0.39 is 105 Å². The number of nitrogens with one attached hydrogen (secondary N) is 1. The molecule has 1 saturated carbocycles. The lowest BCUT2D eigenvalue weighted by Crippen LogP contribution is -2.66. The van der Waals surface area contributed by atoms with Gasteiger partial charge in [0.1, 0.15) is 48.8 Å². The number of aliphatic hydroxyl groups excluding tert-OH is 11. The molecule has 3 aliphatic rings. The molecule has 2 aromatic rings. The molecule has 256 valence electrons. The highest BCUT2D eigenvalue weighted by molar-refractivity contribution is 5.62. The van der Waals surface area contributed by atoms with Gasteiger partial charge < -0.3 is 71.0 Å². The smallest absolute Gasteiger partial charge is 0.187 e. The molecule has 5 rings (SSSR count). The van der Waals surface area contributed by atoms with Gasteiger partial charge in [-0.3, -0.25) is 0 Å². The fraction of sp³-hybridized carbons (Fsp3) is 0.562. The van der Waals surface area contributed by atoms with E-state index in [4.69, 9.17) is 9.47 Å². The molecule has 0 unspecified atom stereocenters. The molecule has 1 saturated heterocycles. The van der Waals surface area contributed by atoms with Crippen LogP contribution in [0.25, 0.3) is 11.1 Å². The molecule has 46 heavy (non-hydrogen) atoms. The Kier molecular flexibility index (Phi) is 13.2. The summed E-state index contributed by atoms with van der Waals surface area (Å²) in [4.78, 5) is 0. The van der Waals surface area contributed by atoms with Crippen LogP contribution in [0.15, 0.2) is 72.3 Å². The molecule has 1 heterocycles. The summed E-state index contributed by atoms with van der Waals surface area (Å²) in [7, 11) is 0. The standard InChI is InChI=1S/C20H35NO13.C12H10/c22-3-6-1-8(12(26)15(29)11(6)25)21-9-2-7(4-23)19(17(31)13(9)27)34-20-18(32)16(30)14(28)10(5-24)33-20;1-3-7-11(8-4-1)12-9-5-2-6-10-12/h1,7-32H,2-5H2;1-10H/t7-,8+,9+,10-,11+,12+,13+,14-,15+,16+,17-,18-,19-,20+;/m1./s1. The minimum Gasteiger partial charge on any atom is -0.396 e. The van der Waals surface area contributed by atoms with Crippen molar-refractivity contribution in [1.82, 2.24) is 5.32 Å². The van der Waals surface area contributed by atoms with Crippen LogP contribution in [0.4, 0.5) is 0 Å². The van der Waals surface area contributed by atoms with Crippen molar-refractivity contribution < 1.29 is 65.6 Å². The van der Waals surface area contributed by atoms with Crippen LogP contribution in [-0.4, -0.2) is 155 Å². The molecule has 14 nitrogen and oxygen atoms in total. The second-order valence-electron chi connectivity index (χ2n) is 11.8. The number of hydrogen-bond acceptors (Lipinski definition) is 14. The number of benzene rings is 2. The lowest BCUT2D eigenvalue weighted by molar-refractivity contribution is -0.328. The van der Waals surface area contributed by atoms with Crippen molar-refractivity contribution in [2.24, 2.45) is 5.92 Å². The first-order valence-corrected chi connectivity index (χ1v) is 15.2. The molecular weight excluding hydrogens is 606 g/mol. The molecule has 2 fully saturated rings. The molecule has 0 radical (unpaired) electrons. The Labute approximate surface area is 266 Å². The summed E-state index contributed by atoms with van der Waals surface area (Å²) in [5.74, 6) is -0.833. The molecule has 12 N–H and O–H groups in total. The molecule has 2 aromatic carbocycles. The van der Waals surface area contributed by atoms with Crippen molar-refractivity contribution in [3.63, 3.8) is 0 Å². The summed E-state index contributed by atoms with van der Waals surface area (Å²) < 4.78 is 10.9. The van der Waals surface area contributed by atoms with Crippen LogP contribution < -0.4 is 5.32 Å². The van der Waals surface area contributed by atoms with Crippen LogP contribution in [0.3, 0.4) is 0 Å². The van der Waals surface area contributed by atoms with Crippen LogP contribution in [0.2, 0.25) is 0 Å². The van der Waals surface area contributed by atoms with Gasteiger partial charge in [0.15, 0.2) is 6.29 Å². The minimum absolute atomic E-state index is 0.0129. The van der Waals surface area contributed by atoms with Gasteiger partial charge in [-0.25, -0.2) is 0 Å². The van der Waals surface area contributed by atoms with E-state index in [1.54, 1.807) is 0 Å². The Morgan fingerprint density at radius 1 is 0.652 bits per heavy atom. The van der Waals surface area contributed by atoms with Crippen molar-refractivity contribution in [1.29, 1.82) is 0 Å². The van der Waals surface area contributed by atoms with Gasteiger partial charge in [-0.15, -0.1) is 0 Å². The van der Waals surface area contributed by atoms with E-state index in [1.807, 2.05) is 12.1 Å². The molecule has 1 aliphatic heterocycles. The first-order chi connectivity index (χ1) is 22.0. The highest BCUT2D eigenvalue weighted by Crippen LogP contribution is 2.33. The van der Waals surface area contributed by atoms with E-state index in [0.29, 0.717) is 0 Å².